The molecule has 0 aliphatic rings. The monoisotopic (exact) mass is 473 g/mol. The average Bonchev–Trinajstić information content (AvgIpc) is 3.37. The number of rotatable bonds is 8. The van der Waals surface area contributed by atoms with Crippen molar-refractivity contribution >= 4 is 17.6 Å². The molecule has 0 saturated carbocycles. The van der Waals surface area contributed by atoms with E-state index in [4.69, 9.17) is 10.2 Å². The number of hydrogen-bond acceptors (Lipinski definition) is 5. The highest BCUT2D eigenvalue weighted by Crippen LogP contribution is 2.26. The van der Waals surface area contributed by atoms with Crippen molar-refractivity contribution in [2.75, 3.05) is 5.01 Å². The van der Waals surface area contributed by atoms with Gasteiger partial charge in [-0.3, -0.25) is 15.1 Å². The minimum absolute atomic E-state index is 0.0366. The largest absolute Gasteiger partial charge is 0.269 e. The topological polar surface area (TPSA) is 76.6 Å². The average molecular weight is 474 g/mol. The predicted octanol–water partition coefficient (Wildman–Crippen LogP) is 6.49. The Bertz CT molecular complexity index is 1470. The third-order valence-corrected chi connectivity index (χ3v) is 5.68. The van der Waals surface area contributed by atoms with Crippen LogP contribution in [0.5, 0.6) is 0 Å². The normalized spacial score (nSPS) is 11.0. The van der Waals surface area contributed by atoms with Crippen molar-refractivity contribution in [2.45, 2.75) is 6.54 Å². The number of non-ortho nitro benzene ring substituents is 1. The quantitative estimate of drug-likeness (QED) is 0.147. The van der Waals surface area contributed by atoms with E-state index in [0.29, 0.717) is 12.2 Å². The molecule has 176 valence electrons. The third kappa shape index (κ3) is 5.20. The summed E-state index contributed by atoms with van der Waals surface area (Å²) in [5, 5.41) is 22.7. The SMILES string of the molecule is O=[N+]([O-])c1ccc(-c2nn(-c3ccccc3)cc2C=NN(Cc2ccccc2)c2ccccc2)cc1. The van der Waals surface area contributed by atoms with Crippen LogP contribution in [0.15, 0.2) is 127 Å². The molecule has 0 atom stereocenters. The molecule has 0 saturated heterocycles. The molecule has 0 bridgehead atoms. The number of nitrogens with zero attached hydrogens (tertiary/aromatic N) is 5. The number of nitro benzene ring substituents is 1. The first kappa shape index (κ1) is 22.7. The Morgan fingerprint density at radius 1 is 0.833 bits per heavy atom. The van der Waals surface area contributed by atoms with E-state index in [-0.39, 0.29) is 5.69 Å². The molecule has 0 amide bonds. The maximum absolute atomic E-state index is 11.1. The number of aromatic nitrogens is 2. The van der Waals surface area contributed by atoms with E-state index < -0.39 is 4.92 Å². The van der Waals surface area contributed by atoms with E-state index in [1.165, 1.54) is 12.1 Å². The lowest BCUT2D eigenvalue weighted by atomic mass is 10.1. The zero-order chi connectivity index (χ0) is 24.7. The molecule has 0 spiro atoms. The van der Waals surface area contributed by atoms with Crippen LogP contribution in [0.3, 0.4) is 0 Å². The number of anilines is 1. The van der Waals surface area contributed by atoms with E-state index in [0.717, 1.165) is 28.1 Å². The van der Waals surface area contributed by atoms with Crippen molar-refractivity contribution in [1.82, 2.24) is 9.78 Å². The summed E-state index contributed by atoms with van der Waals surface area (Å²) < 4.78 is 1.79. The summed E-state index contributed by atoms with van der Waals surface area (Å²) in [6.07, 6.45) is 3.71. The van der Waals surface area contributed by atoms with Gasteiger partial charge in [0.1, 0.15) is 5.69 Å². The maximum atomic E-state index is 11.1. The van der Waals surface area contributed by atoms with Crippen LogP contribution in [0.2, 0.25) is 0 Å². The first-order valence-electron chi connectivity index (χ1n) is 11.5. The zero-order valence-electron chi connectivity index (χ0n) is 19.4. The predicted molar refractivity (Wildman–Crippen MR) is 142 cm³/mol. The first-order chi connectivity index (χ1) is 17.7. The van der Waals surface area contributed by atoms with E-state index in [1.807, 2.05) is 90.1 Å². The molecule has 36 heavy (non-hydrogen) atoms. The Hall–Kier alpha value is -5.04. The summed E-state index contributed by atoms with van der Waals surface area (Å²) in [7, 11) is 0. The second-order valence-corrected chi connectivity index (χ2v) is 8.14. The highest BCUT2D eigenvalue weighted by Gasteiger charge is 2.14. The lowest BCUT2D eigenvalue weighted by molar-refractivity contribution is -0.384. The van der Waals surface area contributed by atoms with Crippen molar-refractivity contribution < 1.29 is 4.92 Å². The van der Waals surface area contributed by atoms with Gasteiger partial charge in [-0.1, -0.05) is 66.7 Å². The minimum Gasteiger partial charge on any atom is -0.261 e. The van der Waals surface area contributed by atoms with Crippen molar-refractivity contribution in [3.8, 4) is 16.9 Å². The summed E-state index contributed by atoms with van der Waals surface area (Å²) in [5.41, 5.74) is 5.29. The summed E-state index contributed by atoms with van der Waals surface area (Å²) >= 11 is 0. The number of hydrazone groups is 1. The fraction of sp³-hybridized carbons (Fsp3) is 0.0345. The summed E-state index contributed by atoms with van der Waals surface area (Å²) in [6, 6.07) is 36.4. The fourth-order valence-corrected chi connectivity index (χ4v) is 3.85. The molecule has 5 aromatic rings. The zero-order valence-corrected chi connectivity index (χ0v) is 19.4. The van der Waals surface area contributed by atoms with E-state index in [9.17, 15) is 10.1 Å². The summed E-state index contributed by atoms with van der Waals surface area (Å²) in [4.78, 5) is 10.7. The van der Waals surface area contributed by atoms with Gasteiger partial charge in [0.2, 0.25) is 0 Å². The molecule has 7 nitrogen and oxygen atoms in total. The minimum atomic E-state index is -0.407. The molecule has 0 N–H and O–H groups in total. The van der Waals surface area contributed by atoms with Gasteiger partial charge in [0.15, 0.2) is 0 Å². The van der Waals surface area contributed by atoms with Crippen molar-refractivity contribution in [1.29, 1.82) is 0 Å². The van der Waals surface area contributed by atoms with Gasteiger partial charge in [-0.15, -0.1) is 0 Å². The fourth-order valence-electron chi connectivity index (χ4n) is 3.85. The van der Waals surface area contributed by atoms with Crippen LogP contribution in [0.4, 0.5) is 11.4 Å². The highest BCUT2D eigenvalue weighted by molar-refractivity contribution is 5.89. The van der Waals surface area contributed by atoms with Gasteiger partial charge in [-0.25, -0.2) is 4.68 Å². The van der Waals surface area contributed by atoms with Gasteiger partial charge >= 0.3 is 0 Å². The Balaban J connectivity index is 1.55. The smallest absolute Gasteiger partial charge is 0.261 e. The van der Waals surface area contributed by atoms with Crippen LogP contribution >= 0.6 is 0 Å². The molecule has 7 heteroatoms. The lowest BCUT2D eigenvalue weighted by Gasteiger charge is -2.19. The van der Waals surface area contributed by atoms with E-state index >= 15 is 0 Å². The third-order valence-electron chi connectivity index (χ3n) is 5.68. The molecule has 0 radical (unpaired) electrons. The molecule has 0 unspecified atom stereocenters. The van der Waals surface area contributed by atoms with Crippen LogP contribution in [0.25, 0.3) is 16.9 Å². The molecular weight excluding hydrogens is 450 g/mol. The Morgan fingerprint density at radius 3 is 2.08 bits per heavy atom. The lowest BCUT2D eigenvalue weighted by Crippen LogP contribution is -2.16. The van der Waals surface area contributed by atoms with E-state index in [2.05, 4.69) is 12.1 Å². The molecule has 1 heterocycles. The molecule has 0 aliphatic carbocycles. The molecule has 5 rings (SSSR count). The standard InChI is InChI=1S/C29H23N5O2/c35-34(36)28-18-16-24(17-19-28)29-25(22-33(31-29)27-14-8-3-9-15-27)20-30-32(26-12-6-2-7-13-26)21-23-10-4-1-5-11-23/h1-20,22H,21H2. The number of para-hydroxylation sites is 2. The van der Waals surface area contributed by atoms with Crippen LogP contribution in [-0.2, 0) is 6.54 Å². The molecular formula is C29H23N5O2. The van der Waals surface area contributed by atoms with Gasteiger partial charge in [0.25, 0.3) is 5.69 Å². The van der Waals surface area contributed by atoms with Gasteiger partial charge in [0.05, 0.1) is 29.1 Å². The second kappa shape index (κ2) is 10.5. The van der Waals surface area contributed by atoms with Gasteiger partial charge in [-0.2, -0.15) is 10.2 Å². The van der Waals surface area contributed by atoms with Gasteiger partial charge in [-0.05, 0) is 42.0 Å². The van der Waals surface area contributed by atoms with Crippen LogP contribution in [0.1, 0.15) is 11.1 Å². The van der Waals surface area contributed by atoms with Crippen LogP contribution in [-0.4, -0.2) is 20.9 Å². The van der Waals surface area contributed by atoms with Gasteiger partial charge < -0.3 is 0 Å². The second-order valence-electron chi connectivity index (χ2n) is 8.14. The molecule has 1 aromatic heterocycles. The van der Waals surface area contributed by atoms with Crippen molar-refractivity contribution in [2.24, 2.45) is 5.10 Å². The van der Waals surface area contributed by atoms with Crippen LogP contribution in [0, 0.1) is 10.1 Å². The number of hydrogen-bond donors (Lipinski definition) is 0. The Labute approximate surface area is 208 Å². The summed E-state index contributed by atoms with van der Waals surface area (Å²) in [6.45, 7) is 0.598. The number of nitro groups is 1. The van der Waals surface area contributed by atoms with Crippen LogP contribution < -0.4 is 5.01 Å². The summed E-state index contributed by atoms with van der Waals surface area (Å²) in [5.74, 6) is 0. The van der Waals surface area contributed by atoms with Crippen molar-refractivity contribution in [3.05, 3.63) is 143 Å². The maximum Gasteiger partial charge on any atom is 0.269 e. The molecule has 4 aromatic carbocycles. The first-order valence-corrected chi connectivity index (χ1v) is 11.5. The van der Waals surface area contributed by atoms with Crippen molar-refractivity contribution in [3.63, 3.8) is 0 Å². The highest BCUT2D eigenvalue weighted by atomic mass is 16.6. The molecule has 0 fully saturated rings. The number of benzene rings is 4. The van der Waals surface area contributed by atoms with Gasteiger partial charge in [0, 0.05) is 29.5 Å². The molecule has 0 aliphatic heterocycles. The Kier molecular flexibility index (Phi) is 6.62. The van der Waals surface area contributed by atoms with E-state index in [1.54, 1.807) is 23.0 Å². The Morgan fingerprint density at radius 2 is 1.44 bits per heavy atom.